The highest BCUT2D eigenvalue weighted by Gasteiger charge is 2.42. The van der Waals surface area contributed by atoms with Crippen molar-refractivity contribution < 1.29 is 18.9 Å². The quantitative estimate of drug-likeness (QED) is 0.467. The van der Waals surface area contributed by atoms with Crippen molar-refractivity contribution >= 4 is 23.4 Å². The molecule has 0 unspecified atom stereocenters. The molecule has 3 heterocycles. The number of amides is 3. The van der Waals surface area contributed by atoms with Gasteiger partial charge < -0.3 is 14.3 Å². The highest BCUT2D eigenvalue weighted by atomic mass is 16.5. The number of piperidine rings is 1. The summed E-state index contributed by atoms with van der Waals surface area (Å²) in [6.07, 6.45) is 9.19. The van der Waals surface area contributed by atoms with E-state index in [1.165, 1.54) is 24.0 Å². The molecule has 3 aliphatic rings. The van der Waals surface area contributed by atoms with E-state index in [1.54, 1.807) is 17.0 Å². The Hall–Kier alpha value is -3.16. The zero-order chi connectivity index (χ0) is 24.5. The standard InChI is InChI=1S/C27H34N4O4/c1-18(22-14-17-35-28-22)29(2)25(32)19-12-15-30(16-13-19)23-11-7-10-21-24(23)27(34)31(26(21)33)20-8-5-3-4-6-9-20/h7,10-11,14,17-20H,3-6,8-9,12-13,15-16H2,1-2H3/t18-/m1/s1. The van der Waals surface area contributed by atoms with Gasteiger partial charge in [0.05, 0.1) is 22.9 Å². The van der Waals surface area contributed by atoms with Crippen LogP contribution in [0.3, 0.4) is 0 Å². The Kier molecular flexibility index (Phi) is 6.62. The van der Waals surface area contributed by atoms with Crippen LogP contribution < -0.4 is 4.90 Å². The molecule has 1 saturated carbocycles. The van der Waals surface area contributed by atoms with E-state index in [9.17, 15) is 14.4 Å². The van der Waals surface area contributed by atoms with Crippen molar-refractivity contribution in [3.63, 3.8) is 0 Å². The zero-order valence-electron chi connectivity index (χ0n) is 20.6. The van der Waals surface area contributed by atoms with Gasteiger partial charge in [-0.3, -0.25) is 19.3 Å². The Balaban J connectivity index is 1.28. The molecule has 8 nitrogen and oxygen atoms in total. The van der Waals surface area contributed by atoms with Gasteiger partial charge in [0.2, 0.25) is 5.91 Å². The van der Waals surface area contributed by atoms with Crippen molar-refractivity contribution in [2.45, 2.75) is 70.4 Å². The molecule has 0 bridgehead atoms. The maximum atomic E-state index is 13.5. The number of carbonyl (C=O) groups excluding carboxylic acids is 3. The van der Waals surface area contributed by atoms with E-state index in [-0.39, 0.29) is 35.7 Å². The molecular formula is C27H34N4O4. The highest BCUT2D eigenvalue weighted by molar-refractivity contribution is 6.24. The van der Waals surface area contributed by atoms with Crippen LogP contribution in [0.5, 0.6) is 0 Å². The number of imide groups is 1. The topological polar surface area (TPSA) is 87.0 Å². The summed E-state index contributed by atoms with van der Waals surface area (Å²) >= 11 is 0. The molecule has 1 aliphatic carbocycles. The van der Waals surface area contributed by atoms with Gasteiger partial charge in [-0.05, 0) is 44.7 Å². The fourth-order valence-electron chi connectivity index (χ4n) is 5.88. The van der Waals surface area contributed by atoms with E-state index < -0.39 is 0 Å². The SMILES string of the molecule is C[C@H](c1ccon1)N(C)C(=O)C1CCN(c2cccc3c2C(=O)N(C2CCCCCC2)C3=O)CC1. The minimum Gasteiger partial charge on any atom is -0.371 e. The lowest BCUT2D eigenvalue weighted by Crippen LogP contribution is -2.42. The number of hydrogen-bond acceptors (Lipinski definition) is 6. The number of benzene rings is 1. The first-order valence-electron chi connectivity index (χ1n) is 12.9. The minimum atomic E-state index is -0.157. The van der Waals surface area contributed by atoms with Crippen LogP contribution in [0.1, 0.15) is 90.7 Å². The number of nitrogens with zero attached hydrogens (tertiary/aromatic N) is 4. The number of anilines is 1. The molecule has 1 aromatic carbocycles. The normalized spacial score (nSPS) is 20.6. The molecule has 1 atom stereocenters. The van der Waals surface area contributed by atoms with Crippen molar-refractivity contribution in [1.82, 2.24) is 15.0 Å². The Bertz CT molecular complexity index is 1080. The Morgan fingerprint density at radius 1 is 1.03 bits per heavy atom. The van der Waals surface area contributed by atoms with Crippen molar-refractivity contribution in [1.29, 1.82) is 0 Å². The predicted molar refractivity (Wildman–Crippen MR) is 131 cm³/mol. The zero-order valence-corrected chi connectivity index (χ0v) is 20.6. The van der Waals surface area contributed by atoms with Crippen LogP contribution in [0.25, 0.3) is 0 Å². The summed E-state index contributed by atoms with van der Waals surface area (Å²) in [6.45, 7) is 3.29. The van der Waals surface area contributed by atoms with Crippen molar-refractivity contribution in [3.05, 3.63) is 47.3 Å². The van der Waals surface area contributed by atoms with Gasteiger partial charge in [0.1, 0.15) is 12.0 Å². The third-order valence-corrected chi connectivity index (χ3v) is 8.11. The van der Waals surface area contributed by atoms with Gasteiger partial charge in [-0.1, -0.05) is 36.9 Å². The van der Waals surface area contributed by atoms with Crippen LogP contribution in [0.15, 0.2) is 35.1 Å². The van der Waals surface area contributed by atoms with Crippen LogP contribution in [-0.2, 0) is 4.79 Å². The van der Waals surface area contributed by atoms with Gasteiger partial charge in [0.25, 0.3) is 11.8 Å². The predicted octanol–water partition coefficient (Wildman–Crippen LogP) is 4.43. The average Bonchev–Trinajstić information content (AvgIpc) is 3.41. The lowest BCUT2D eigenvalue weighted by Gasteiger charge is -2.36. The van der Waals surface area contributed by atoms with Crippen LogP contribution in [0.2, 0.25) is 0 Å². The molecule has 3 amide bonds. The molecule has 186 valence electrons. The summed E-state index contributed by atoms with van der Waals surface area (Å²) in [5.74, 6) is -0.273. The smallest absolute Gasteiger partial charge is 0.263 e. The summed E-state index contributed by atoms with van der Waals surface area (Å²) < 4.78 is 4.93. The summed E-state index contributed by atoms with van der Waals surface area (Å²) in [5, 5.41) is 3.97. The Morgan fingerprint density at radius 2 is 1.74 bits per heavy atom. The maximum absolute atomic E-state index is 13.5. The third-order valence-electron chi connectivity index (χ3n) is 8.11. The first kappa shape index (κ1) is 23.6. The van der Waals surface area contributed by atoms with Gasteiger partial charge in [0, 0.05) is 38.2 Å². The fraction of sp³-hybridized carbons (Fsp3) is 0.556. The molecule has 5 rings (SSSR count). The average molecular weight is 479 g/mol. The molecule has 0 spiro atoms. The van der Waals surface area contributed by atoms with Crippen LogP contribution in [0.4, 0.5) is 5.69 Å². The van der Waals surface area contributed by atoms with E-state index in [2.05, 4.69) is 10.1 Å². The monoisotopic (exact) mass is 478 g/mol. The van der Waals surface area contributed by atoms with Crippen LogP contribution >= 0.6 is 0 Å². The van der Waals surface area contributed by atoms with E-state index >= 15 is 0 Å². The van der Waals surface area contributed by atoms with Crippen molar-refractivity contribution in [2.24, 2.45) is 5.92 Å². The van der Waals surface area contributed by atoms with Gasteiger partial charge in [-0.15, -0.1) is 0 Å². The molecule has 1 aromatic heterocycles. The summed E-state index contributed by atoms with van der Waals surface area (Å²) in [7, 11) is 1.81. The summed E-state index contributed by atoms with van der Waals surface area (Å²) in [4.78, 5) is 45.4. The minimum absolute atomic E-state index is 0.00310. The number of aromatic nitrogens is 1. The van der Waals surface area contributed by atoms with Crippen LogP contribution in [-0.4, -0.2) is 58.9 Å². The number of hydrogen-bond donors (Lipinski definition) is 0. The van der Waals surface area contributed by atoms with E-state index in [0.29, 0.717) is 37.1 Å². The van der Waals surface area contributed by atoms with E-state index in [1.807, 2.05) is 26.1 Å². The van der Waals surface area contributed by atoms with Gasteiger partial charge in [0.15, 0.2) is 0 Å². The third kappa shape index (κ3) is 4.34. The molecule has 2 fully saturated rings. The first-order chi connectivity index (χ1) is 17.0. The van der Waals surface area contributed by atoms with E-state index in [4.69, 9.17) is 4.52 Å². The molecule has 0 N–H and O–H groups in total. The van der Waals surface area contributed by atoms with Crippen LogP contribution in [0, 0.1) is 5.92 Å². The Morgan fingerprint density at radius 3 is 2.40 bits per heavy atom. The molecule has 0 radical (unpaired) electrons. The fourth-order valence-corrected chi connectivity index (χ4v) is 5.88. The van der Waals surface area contributed by atoms with Crippen molar-refractivity contribution in [3.8, 4) is 0 Å². The lowest BCUT2D eigenvalue weighted by molar-refractivity contribution is -0.136. The molecule has 1 saturated heterocycles. The summed E-state index contributed by atoms with van der Waals surface area (Å²) in [5.41, 5.74) is 2.63. The lowest BCUT2D eigenvalue weighted by atomic mass is 9.93. The molecule has 35 heavy (non-hydrogen) atoms. The van der Waals surface area contributed by atoms with Gasteiger partial charge in [-0.2, -0.15) is 0 Å². The van der Waals surface area contributed by atoms with E-state index in [0.717, 1.165) is 37.1 Å². The number of carbonyl (C=O) groups is 3. The molecule has 2 aliphatic heterocycles. The van der Waals surface area contributed by atoms with Crippen molar-refractivity contribution in [2.75, 3.05) is 25.0 Å². The molecule has 8 heteroatoms. The van der Waals surface area contributed by atoms with Gasteiger partial charge >= 0.3 is 0 Å². The highest BCUT2D eigenvalue weighted by Crippen LogP contribution is 2.37. The summed E-state index contributed by atoms with van der Waals surface area (Å²) in [6, 6.07) is 7.23. The second-order valence-corrected chi connectivity index (χ2v) is 10.1. The van der Waals surface area contributed by atoms with Gasteiger partial charge in [-0.25, -0.2) is 0 Å². The Labute approximate surface area is 206 Å². The first-order valence-corrected chi connectivity index (χ1v) is 12.9. The molecule has 2 aromatic rings. The largest absolute Gasteiger partial charge is 0.371 e. The number of rotatable bonds is 5. The second-order valence-electron chi connectivity index (χ2n) is 10.1. The maximum Gasteiger partial charge on any atom is 0.263 e. The molecular weight excluding hydrogens is 444 g/mol. The second kappa shape index (κ2) is 9.84. The number of fused-ring (bicyclic) bond motifs is 1.